The van der Waals surface area contributed by atoms with E-state index in [0.29, 0.717) is 11.3 Å². The maximum atomic E-state index is 12.5. The van der Waals surface area contributed by atoms with Crippen LogP contribution in [0, 0.1) is 0 Å². The second kappa shape index (κ2) is 8.73. The Morgan fingerprint density at radius 2 is 1.79 bits per heavy atom. The van der Waals surface area contributed by atoms with Gasteiger partial charge in [0.2, 0.25) is 5.91 Å². The summed E-state index contributed by atoms with van der Waals surface area (Å²) in [7, 11) is 0. The van der Waals surface area contributed by atoms with Crippen LogP contribution in [0.25, 0.3) is 0 Å². The number of amides is 2. The number of thiol groups is 1. The van der Waals surface area contributed by atoms with E-state index in [1.165, 1.54) is 0 Å². The Kier molecular flexibility index (Phi) is 7.28. The monoisotopic (exact) mass is 353 g/mol. The molecule has 1 aromatic rings. The molecule has 0 radical (unpaired) electrons. The number of aliphatic carboxylic acids is 1. The molecule has 1 rings (SSSR count). The van der Waals surface area contributed by atoms with Crippen LogP contribution in [0.1, 0.15) is 32.8 Å². The Morgan fingerprint density at radius 3 is 2.25 bits per heavy atom. The fraction of sp³-hybridized carbons (Fsp3) is 0.471. The third kappa shape index (κ3) is 6.23. The van der Waals surface area contributed by atoms with Crippen LogP contribution >= 0.6 is 12.6 Å². The number of carbonyl (C=O) groups is 3. The number of aryl methyl sites for hydroxylation is 1. The first kappa shape index (κ1) is 20.0. The van der Waals surface area contributed by atoms with Gasteiger partial charge in [-0.25, -0.2) is 14.5 Å². The minimum atomic E-state index is -1.37. The van der Waals surface area contributed by atoms with Gasteiger partial charge in [0.15, 0.2) is 0 Å². The molecule has 1 N–H and O–H groups in total. The van der Waals surface area contributed by atoms with E-state index in [-0.39, 0.29) is 12.2 Å². The van der Waals surface area contributed by atoms with Gasteiger partial charge >= 0.3 is 12.1 Å². The number of rotatable bonds is 6. The van der Waals surface area contributed by atoms with Crippen molar-refractivity contribution in [3.8, 4) is 0 Å². The molecule has 132 valence electrons. The van der Waals surface area contributed by atoms with Gasteiger partial charge in [0.05, 0.1) is 0 Å². The summed E-state index contributed by atoms with van der Waals surface area (Å²) in [5.41, 5.74) is 0.0852. The van der Waals surface area contributed by atoms with Gasteiger partial charge in [-0.1, -0.05) is 30.3 Å². The van der Waals surface area contributed by atoms with E-state index in [1.54, 1.807) is 20.8 Å². The van der Waals surface area contributed by atoms with Crippen molar-refractivity contribution < 1.29 is 24.2 Å². The molecule has 0 spiro atoms. The molecule has 0 aliphatic carbocycles. The molecule has 0 bridgehead atoms. The van der Waals surface area contributed by atoms with Crippen molar-refractivity contribution in [3.63, 3.8) is 0 Å². The highest BCUT2D eigenvalue weighted by atomic mass is 32.1. The summed E-state index contributed by atoms with van der Waals surface area (Å²) >= 11 is 3.95. The summed E-state index contributed by atoms with van der Waals surface area (Å²) in [6.07, 6.45) is -0.569. The maximum Gasteiger partial charge on any atom is 0.417 e. The van der Waals surface area contributed by atoms with Crippen LogP contribution in [0.4, 0.5) is 4.79 Å². The average Bonchev–Trinajstić information content (AvgIpc) is 2.48. The van der Waals surface area contributed by atoms with Crippen molar-refractivity contribution in [2.24, 2.45) is 0 Å². The number of carboxylic acids is 1. The van der Waals surface area contributed by atoms with Gasteiger partial charge in [-0.3, -0.25) is 4.79 Å². The lowest BCUT2D eigenvalue weighted by atomic mass is 10.1. The number of imide groups is 1. The Balaban J connectivity index is 2.92. The minimum absolute atomic E-state index is 0.000808. The summed E-state index contributed by atoms with van der Waals surface area (Å²) in [5.74, 6) is -2.09. The van der Waals surface area contributed by atoms with E-state index in [9.17, 15) is 19.5 Å². The molecule has 6 nitrogen and oxygen atoms in total. The van der Waals surface area contributed by atoms with Crippen molar-refractivity contribution >= 4 is 30.6 Å². The van der Waals surface area contributed by atoms with Gasteiger partial charge in [-0.2, -0.15) is 12.6 Å². The summed E-state index contributed by atoms with van der Waals surface area (Å²) in [6, 6.07) is 7.90. The highest BCUT2D eigenvalue weighted by Crippen LogP contribution is 2.15. The molecule has 0 heterocycles. The van der Waals surface area contributed by atoms with Crippen molar-refractivity contribution in [3.05, 3.63) is 35.9 Å². The second-order valence-corrected chi connectivity index (χ2v) is 6.63. The Bertz CT molecular complexity index is 582. The van der Waals surface area contributed by atoms with Gasteiger partial charge in [0.1, 0.15) is 11.6 Å². The van der Waals surface area contributed by atoms with Crippen LogP contribution in [0.2, 0.25) is 0 Å². The number of ether oxygens (including phenoxy) is 1. The SMILES string of the molecule is CC(C)(C)OC(=O)N(C(=O)CCc1ccccc1)[C@@H](CS)C(=O)O. The van der Waals surface area contributed by atoms with Gasteiger partial charge in [0, 0.05) is 12.2 Å². The van der Waals surface area contributed by atoms with Gasteiger partial charge in [0.25, 0.3) is 0 Å². The topological polar surface area (TPSA) is 83.9 Å². The number of hydrogen-bond donors (Lipinski definition) is 2. The smallest absolute Gasteiger partial charge is 0.417 e. The van der Waals surface area contributed by atoms with E-state index in [0.717, 1.165) is 5.56 Å². The second-order valence-electron chi connectivity index (χ2n) is 6.27. The van der Waals surface area contributed by atoms with Crippen LogP contribution < -0.4 is 0 Å². The van der Waals surface area contributed by atoms with Crippen LogP contribution in [0.5, 0.6) is 0 Å². The maximum absolute atomic E-state index is 12.5. The highest BCUT2D eigenvalue weighted by molar-refractivity contribution is 7.80. The summed E-state index contributed by atoms with van der Waals surface area (Å²) in [6.45, 7) is 4.94. The highest BCUT2D eigenvalue weighted by Gasteiger charge is 2.36. The predicted molar refractivity (Wildman–Crippen MR) is 93.1 cm³/mol. The molecule has 0 fully saturated rings. The fourth-order valence-electron chi connectivity index (χ4n) is 2.00. The van der Waals surface area contributed by atoms with Crippen molar-refractivity contribution in [2.45, 2.75) is 45.3 Å². The van der Waals surface area contributed by atoms with Crippen molar-refractivity contribution in [1.82, 2.24) is 4.90 Å². The minimum Gasteiger partial charge on any atom is -0.480 e. The number of nitrogens with zero attached hydrogens (tertiary/aromatic N) is 1. The summed E-state index contributed by atoms with van der Waals surface area (Å²) in [5, 5.41) is 9.27. The van der Waals surface area contributed by atoms with E-state index < -0.39 is 29.6 Å². The van der Waals surface area contributed by atoms with Crippen molar-refractivity contribution in [2.75, 3.05) is 5.75 Å². The molecule has 0 aliphatic rings. The first-order chi connectivity index (χ1) is 11.2. The molecular weight excluding hydrogens is 330 g/mol. The molecule has 0 saturated heterocycles. The van der Waals surface area contributed by atoms with Gasteiger partial charge in [-0.05, 0) is 32.8 Å². The third-order valence-corrected chi connectivity index (χ3v) is 3.44. The standard InChI is InChI=1S/C17H23NO5S/c1-17(2,3)23-16(22)18(13(11-24)15(20)21)14(19)10-9-12-7-5-4-6-8-12/h4-8,13,24H,9-11H2,1-3H3,(H,20,21)/t13-/m0/s1. The lowest BCUT2D eigenvalue weighted by Crippen LogP contribution is -2.51. The van der Waals surface area contributed by atoms with Crippen LogP contribution in [-0.2, 0) is 20.7 Å². The number of hydrogen-bond acceptors (Lipinski definition) is 5. The lowest BCUT2D eigenvalue weighted by Gasteiger charge is -2.29. The number of carboxylic acid groups (broad SMARTS) is 1. The Labute approximate surface area is 147 Å². The Morgan fingerprint density at radius 1 is 1.21 bits per heavy atom. The normalized spacial score (nSPS) is 12.3. The fourth-order valence-corrected chi connectivity index (χ4v) is 2.32. The van der Waals surface area contributed by atoms with E-state index in [1.807, 2.05) is 30.3 Å². The zero-order valence-electron chi connectivity index (χ0n) is 14.1. The third-order valence-electron chi connectivity index (χ3n) is 3.10. The summed E-state index contributed by atoms with van der Waals surface area (Å²) in [4.78, 5) is 36.8. The molecule has 7 heteroatoms. The Hall–Kier alpha value is -2.02. The van der Waals surface area contributed by atoms with Crippen LogP contribution in [0.15, 0.2) is 30.3 Å². The first-order valence-corrected chi connectivity index (χ1v) is 8.21. The molecular formula is C17H23NO5S. The van der Waals surface area contributed by atoms with Crippen LogP contribution in [-0.4, -0.2) is 45.4 Å². The molecule has 24 heavy (non-hydrogen) atoms. The molecule has 0 aliphatic heterocycles. The van der Waals surface area contributed by atoms with Gasteiger partial charge in [-0.15, -0.1) is 0 Å². The molecule has 2 amide bonds. The van der Waals surface area contributed by atoms with E-state index in [2.05, 4.69) is 12.6 Å². The summed E-state index contributed by atoms with van der Waals surface area (Å²) < 4.78 is 5.17. The molecule has 0 unspecified atom stereocenters. The van der Waals surface area contributed by atoms with Crippen LogP contribution in [0.3, 0.4) is 0 Å². The zero-order valence-corrected chi connectivity index (χ0v) is 15.0. The lowest BCUT2D eigenvalue weighted by molar-refractivity contribution is -0.148. The molecule has 1 atom stereocenters. The average molecular weight is 353 g/mol. The largest absolute Gasteiger partial charge is 0.480 e. The number of benzene rings is 1. The van der Waals surface area contributed by atoms with E-state index >= 15 is 0 Å². The molecule has 0 aromatic heterocycles. The predicted octanol–water partition coefficient (Wildman–Crippen LogP) is 2.77. The molecule has 1 aromatic carbocycles. The first-order valence-electron chi connectivity index (χ1n) is 7.58. The van der Waals surface area contributed by atoms with Gasteiger partial charge < -0.3 is 9.84 Å². The quantitative estimate of drug-likeness (QED) is 0.768. The van der Waals surface area contributed by atoms with Crippen molar-refractivity contribution in [1.29, 1.82) is 0 Å². The number of carbonyl (C=O) groups excluding carboxylic acids is 2. The molecule has 0 saturated carbocycles. The van der Waals surface area contributed by atoms with E-state index in [4.69, 9.17) is 4.74 Å². The zero-order chi connectivity index (χ0) is 18.3.